The highest BCUT2D eigenvalue weighted by Crippen LogP contribution is 2.29. The zero-order valence-electron chi connectivity index (χ0n) is 11.5. The Labute approximate surface area is 119 Å². The van der Waals surface area contributed by atoms with Gasteiger partial charge in [-0.15, -0.1) is 0 Å². The predicted octanol–water partition coefficient (Wildman–Crippen LogP) is 0.902. The van der Waals surface area contributed by atoms with Crippen molar-refractivity contribution in [2.75, 3.05) is 6.54 Å². The maximum Gasteiger partial charge on any atom is 0.223 e. The maximum atomic E-state index is 12.1. The van der Waals surface area contributed by atoms with E-state index in [0.717, 1.165) is 24.8 Å². The molecule has 1 N–H and O–H groups in total. The van der Waals surface area contributed by atoms with Gasteiger partial charge in [0.1, 0.15) is 0 Å². The molecule has 0 bridgehead atoms. The van der Waals surface area contributed by atoms with Crippen molar-refractivity contribution in [2.45, 2.75) is 32.1 Å². The zero-order valence-corrected chi connectivity index (χ0v) is 11.5. The Hall–Kier alpha value is -1.84. The summed E-state index contributed by atoms with van der Waals surface area (Å²) in [6, 6.07) is 9.90. The van der Waals surface area contributed by atoms with Crippen LogP contribution in [0.15, 0.2) is 30.3 Å². The molecule has 0 spiro atoms. The minimum atomic E-state index is -1.09. The number of nitrogens with one attached hydrogen (secondary N) is 1. The van der Waals surface area contributed by atoms with Crippen LogP contribution in [0.4, 0.5) is 0 Å². The van der Waals surface area contributed by atoms with Gasteiger partial charge in [0.15, 0.2) is 0 Å². The molecule has 1 aliphatic rings. The fourth-order valence-corrected chi connectivity index (χ4v) is 2.83. The summed E-state index contributed by atoms with van der Waals surface area (Å²) in [4.78, 5) is 23.2. The Morgan fingerprint density at radius 1 is 1.10 bits per heavy atom. The Morgan fingerprint density at radius 2 is 1.75 bits per heavy atom. The molecule has 1 saturated carbocycles. The van der Waals surface area contributed by atoms with E-state index in [1.807, 2.05) is 30.3 Å². The van der Waals surface area contributed by atoms with E-state index in [1.165, 1.54) is 0 Å². The fraction of sp³-hybridized carbons (Fsp3) is 0.500. The van der Waals surface area contributed by atoms with Gasteiger partial charge in [0.05, 0.1) is 0 Å². The first-order chi connectivity index (χ1) is 9.68. The predicted molar refractivity (Wildman–Crippen MR) is 73.6 cm³/mol. The largest absolute Gasteiger partial charge is 0.550 e. The number of carboxylic acids is 1. The molecule has 0 aromatic heterocycles. The monoisotopic (exact) mass is 274 g/mol. The van der Waals surface area contributed by atoms with Gasteiger partial charge in [-0.05, 0) is 24.8 Å². The third-order valence-electron chi connectivity index (χ3n) is 3.96. The lowest BCUT2D eigenvalue weighted by Gasteiger charge is -2.31. The van der Waals surface area contributed by atoms with Crippen LogP contribution in [0.3, 0.4) is 0 Å². The minimum Gasteiger partial charge on any atom is -0.550 e. The first-order valence-electron chi connectivity index (χ1n) is 7.21. The van der Waals surface area contributed by atoms with E-state index < -0.39 is 17.8 Å². The Balaban J connectivity index is 1.83. The number of benzene rings is 1. The molecule has 0 aliphatic heterocycles. The summed E-state index contributed by atoms with van der Waals surface area (Å²) in [5.74, 6) is -2.28. The van der Waals surface area contributed by atoms with Gasteiger partial charge in [-0.3, -0.25) is 4.79 Å². The van der Waals surface area contributed by atoms with E-state index in [-0.39, 0.29) is 5.91 Å². The molecule has 2 atom stereocenters. The maximum absolute atomic E-state index is 12.1. The molecular formula is C16H20NO3-. The second-order valence-corrected chi connectivity index (χ2v) is 5.34. The number of carbonyl (C=O) groups excluding carboxylic acids is 2. The molecule has 2 rings (SSSR count). The highest BCUT2D eigenvalue weighted by Gasteiger charge is 2.31. The van der Waals surface area contributed by atoms with Crippen molar-refractivity contribution in [3.63, 3.8) is 0 Å². The van der Waals surface area contributed by atoms with E-state index in [1.54, 1.807) is 0 Å². The SMILES string of the molecule is O=C(NCCc1ccccc1)[C@H]1CCCC[C@H]1C(=O)[O-]. The first-order valence-corrected chi connectivity index (χ1v) is 7.21. The molecule has 4 heteroatoms. The van der Waals surface area contributed by atoms with Crippen LogP contribution in [-0.4, -0.2) is 18.4 Å². The number of carboxylic acid groups (broad SMARTS) is 1. The molecule has 0 radical (unpaired) electrons. The summed E-state index contributed by atoms with van der Waals surface area (Å²) in [6.45, 7) is 0.541. The van der Waals surface area contributed by atoms with Crippen LogP contribution in [0.5, 0.6) is 0 Å². The second-order valence-electron chi connectivity index (χ2n) is 5.34. The summed E-state index contributed by atoms with van der Waals surface area (Å²) >= 11 is 0. The van der Waals surface area contributed by atoms with E-state index in [9.17, 15) is 14.7 Å². The van der Waals surface area contributed by atoms with Crippen molar-refractivity contribution >= 4 is 11.9 Å². The van der Waals surface area contributed by atoms with Crippen LogP contribution in [0.2, 0.25) is 0 Å². The number of aliphatic carboxylic acids is 1. The van der Waals surface area contributed by atoms with Gasteiger partial charge in [-0.1, -0.05) is 43.2 Å². The average Bonchev–Trinajstić information content (AvgIpc) is 2.48. The molecule has 1 aliphatic carbocycles. The summed E-state index contributed by atoms with van der Waals surface area (Å²) in [7, 11) is 0. The number of hydrogen-bond acceptors (Lipinski definition) is 3. The molecule has 0 unspecified atom stereocenters. The van der Waals surface area contributed by atoms with Crippen LogP contribution < -0.4 is 10.4 Å². The molecular weight excluding hydrogens is 254 g/mol. The van der Waals surface area contributed by atoms with E-state index in [0.29, 0.717) is 19.4 Å². The average molecular weight is 274 g/mol. The van der Waals surface area contributed by atoms with Crippen molar-refractivity contribution in [1.29, 1.82) is 0 Å². The molecule has 1 aromatic carbocycles. The molecule has 20 heavy (non-hydrogen) atoms. The Bertz CT molecular complexity index is 458. The summed E-state index contributed by atoms with van der Waals surface area (Å²) in [6.07, 6.45) is 3.75. The van der Waals surface area contributed by atoms with Crippen molar-refractivity contribution in [1.82, 2.24) is 5.32 Å². The van der Waals surface area contributed by atoms with Crippen LogP contribution in [0.25, 0.3) is 0 Å². The lowest BCUT2D eigenvalue weighted by Crippen LogP contribution is -2.44. The molecule has 0 heterocycles. The van der Waals surface area contributed by atoms with Crippen LogP contribution >= 0.6 is 0 Å². The number of rotatable bonds is 5. The standard InChI is InChI=1S/C16H21NO3/c18-15(13-8-4-5-9-14(13)16(19)20)17-11-10-12-6-2-1-3-7-12/h1-3,6-7,13-14H,4-5,8-11H2,(H,17,18)(H,19,20)/p-1/t13-,14+/m0/s1. The molecule has 1 aromatic rings. The Morgan fingerprint density at radius 3 is 2.40 bits per heavy atom. The number of amides is 1. The van der Waals surface area contributed by atoms with Gasteiger partial charge < -0.3 is 15.2 Å². The van der Waals surface area contributed by atoms with E-state index in [4.69, 9.17) is 0 Å². The minimum absolute atomic E-state index is 0.144. The van der Waals surface area contributed by atoms with Gasteiger partial charge >= 0.3 is 0 Å². The van der Waals surface area contributed by atoms with Crippen LogP contribution in [0, 0.1) is 11.8 Å². The quantitative estimate of drug-likeness (QED) is 0.867. The normalized spacial score (nSPS) is 22.2. The highest BCUT2D eigenvalue weighted by molar-refractivity contribution is 5.84. The van der Waals surface area contributed by atoms with Crippen molar-refractivity contribution in [3.8, 4) is 0 Å². The van der Waals surface area contributed by atoms with Crippen molar-refractivity contribution in [2.24, 2.45) is 11.8 Å². The van der Waals surface area contributed by atoms with E-state index in [2.05, 4.69) is 5.32 Å². The Kier molecular flexibility index (Phi) is 5.16. The second kappa shape index (κ2) is 7.08. The van der Waals surface area contributed by atoms with Crippen LogP contribution in [0.1, 0.15) is 31.2 Å². The number of carbonyl (C=O) groups is 2. The van der Waals surface area contributed by atoms with Crippen molar-refractivity contribution in [3.05, 3.63) is 35.9 Å². The molecule has 108 valence electrons. The fourth-order valence-electron chi connectivity index (χ4n) is 2.83. The highest BCUT2D eigenvalue weighted by atomic mass is 16.4. The zero-order chi connectivity index (χ0) is 14.4. The third-order valence-corrected chi connectivity index (χ3v) is 3.96. The first kappa shape index (κ1) is 14.6. The molecule has 0 saturated heterocycles. The van der Waals surface area contributed by atoms with Gasteiger partial charge in [0.25, 0.3) is 0 Å². The van der Waals surface area contributed by atoms with Crippen molar-refractivity contribution < 1.29 is 14.7 Å². The van der Waals surface area contributed by atoms with E-state index >= 15 is 0 Å². The van der Waals surface area contributed by atoms with Gasteiger partial charge in [-0.2, -0.15) is 0 Å². The molecule has 1 fully saturated rings. The summed E-state index contributed by atoms with van der Waals surface area (Å²) in [5, 5.41) is 13.9. The lowest BCUT2D eigenvalue weighted by atomic mass is 9.78. The molecule has 4 nitrogen and oxygen atoms in total. The van der Waals surface area contributed by atoms with Gasteiger partial charge in [0.2, 0.25) is 5.91 Å². The third kappa shape index (κ3) is 3.83. The summed E-state index contributed by atoms with van der Waals surface area (Å²) in [5.41, 5.74) is 1.16. The topological polar surface area (TPSA) is 69.2 Å². The van der Waals surface area contributed by atoms with Crippen LogP contribution in [-0.2, 0) is 16.0 Å². The lowest BCUT2D eigenvalue weighted by molar-refractivity contribution is -0.314. The van der Waals surface area contributed by atoms with Gasteiger partial charge in [0, 0.05) is 24.3 Å². The molecule has 1 amide bonds. The van der Waals surface area contributed by atoms with Gasteiger partial charge in [-0.25, -0.2) is 0 Å². The smallest absolute Gasteiger partial charge is 0.223 e. The summed E-state index contributed by atoms with van der Waals surface area (Å²) < 4.78 is 0. The number of hydrogen-bond donors (Lipinski definition) is 1.